The van der Waals surface area contributed by atoms with Crippen molar-refractivity contribution in [1.29, 1.82) is 5.26 Å². The Bertz CT molecular complexity index is 665. The molecule has 6 nitrogen and oxygen atoms in total. The number of amides is 1. The monoisotopic (exact) mass is 354 g/mol. The molecule has 130 valence electrons. The second kappa shape index (κ2) is 7.22. The van der Waals surface area contributed by atoms with E-state index in [2.05, 4.69) is 15.6 Å². The van der Waals surface area contributed by atoms with Crippen LogP contribution >= 0.6 is 11.6 Å². The van der Waals surface area contributed by atoms with Gasteiger partial charge in [-0.25, -0.2) is 14.2 Å². The molecular weight excluding hydrogens is 335 g/mol. The summed E-state index contributed by atoms with van der Waals surface area (Å²) in [5.41, 5.74) is -0.601. The molecule has 0 bridgehead atoms. The summed E-state index contributed by atoms with van der Waals surface area (Å²) in [5.74, 6) is -0.365. The number of nitriles is 1. The lowest BCUT2D eigenvalue weighted by atomic mass is 10.2. The van der Waals surface area contributed by atoms with Gasteiger partial charge < -0.3 is 15.4 Å². The summed E-state index contributed by atoms with van der Waals surface area (Å²) in [4.78, 5) is 15.6. The average molecular weight is 355 g/mol. The Morgan fingerprint density at radius 1 is 1.58 bits per heavy atom. The molecule has 1 aromatic heterocycles. The van der Waals surface area contributed by atoms with Crippen molar-refractivity contribution < 1.29 is 13.9 Å². The highest BCUT2D eigenvalue weighted by atomic mass is 35.5. The van der Waals surface area contributed by atoms with Crippen molar-refractivity contribution in [2.45, 2.75) is 45.3 Å². The molecule has 1 atom stereocenters. The summed E-state index contributed by atoms with van der Waals surface area (Å²) in [5, 5.41) is 14.4. The fourth-order valence-electron chi connectivity index (χ4n) is 2.16. The summed E-state index contributed by atoms with van der Waals surface area (Å²) in [6.45, 7) is 5.61. The van der Waals surface area contributed by atoms with Crippen LogP contribution in [0.15, 0.2) is 6.07 Å². The smallest absolute Gasteiger partial charge is 0.407 e. The summed E-state index contributed by atoms with van der Waals surface area (Å²) in [7, 11) is 0. The molecule has 24 heavy (non-hydrogen) atoms. The van der Waals surface area contributed by atoms with Gasteiger partial charge in [-0.3, -0.25) is 0 Å². The van der Waals surface area contributed by atoms with Gasteiger partial charge in [-0.2, -0.15) is 5.26 Å². The van der Waals surface area contributed by atoms with Gasteiger partial charge in [-0.05, 0) is 45.6 Å². The fourth-order valence-corrected chi connectivity index (χ4v) is 2.34. The number of nitrogens with zero attached hydrogens (tertiary/aromatic N) is 2. The lowest BCUT2D eigenvalue weighted by Gasteiger charge is -2.23. The van der Waals surface area contributed by atoms with Gasteiger partial charge in [0.15, 0.2) is 11.6 Å². The van der Waals surface area contributed by atoms with Crippen molar-refractivity contribution in [1.82, 2.24) is 10.3 Å². The molecule has 1 saturated carbocycles. The number of carbonyl (C=O) groups excluding carboxylic acids is 1. The van der Waals surface area contributed by atoms with Gasteiger partial charge in [0.2, 0.25) is 0 Å². The van der Waals surface area contributed by atoms with Crippen LogP contribution < -0.4 is 10.6 Å². The highest BCUT2D eigenvalue weighted by Gasteiger charge is 2.32. The summed E-state index contributed by atoms with van der Waals surface area (Å²) < 4.78 is 19.2. The largest absolute Gasteiger partial charge is 0.444 e. The minimum atomic E-state index is -0.654. The Balaban J connectivity index is 2.01. The first-order valence-corrected chi connectivity index (χ1v) is 8.07. The molecule has 0 saturated heterocycles. The second-order valence-corrected chi connectivity index (χ2v) is 7.10. The SMILES string of the molecule is CC(C)(C)OC(=O)NC[C@H](Nc1nc(Cl)c(C#N)cc1F)C1CC1. The van der Waals surface area contributed by atoms with Crippen LogP contribution in [-0.4, -0.2) is 29.3 Å². The van der Waals surface area contributed by atoms with Gasteiger partial charge in [0.05, 0.1) is 5.56 Å². The Morgan fingerprint density at radius 2 is 2.25 bits per heavy atom. The van der Waals surface area contributed by atoms with Crippen LogP contribution in [0.1, 0.15) is 39.2 Å². The number of halogens is 2. The van der Waals surface area contributed by atoms with Crippen LogP contribution in [-0.2, 0) is 4.74 Å². The maximum Gasteiger partial charge on any atom is 0.407 e. The van der Waals surface area contributed by atoms with E-state index in [0.717, 1.165) is 18.9 Å². The van der Waals surface area contributed by atoms with Gasteiger partial charge in [0.25, 0.3) is 0 Å². The van der Waals surface area contributed by atoms with Gasteiger partial charge in [0, 0.05) is 12.6 Å². The third-order valence-corrected chi connectivity index (χ3v) is 3.72. The number of pyridine rings is 1. The number of anilines is 1. The lowest BCUT2D eigenvalue weighted by Crippen LogP contribution is -2.40. The van der Waals surface area contributed by atoms with Crippen LogP contribution in [0, 0.1) is 23.1 Å². The van der Waals surface area contributed by atoms with E-state index in [-0.39, 0.29) is 29.1 Å². The van der Waals surface area contributed by atoms with E-state index in [4.69, 9.17) is 21.6 Å². The fraction of sp³-hybridized carbons (Fsp3) is 0.562. The molecule has 1 heterocycles. The number of rotatable bonds is 5. The standard InChI is InChI=1S/C16H20ClFN4O2/c1-16(2,3)24-15(23)20-8-12(9-4-5-9)21-14-11(18)6-10(7-19)13(17)22-14/h6,9,12H,4-5,8H2,1-3H3,(H,20,23)(H,21,22)/t12-/m0/s1. The summed E-state index contributed by atoms with van der Waals surface area (Å²) >= 11 is 5.85. The molecule has 1 aliphatic carbocycles. The predicted octanol–water partition coefficient (Wildman–Crippen LogP) is 3.46. The highest BCUT2D eigenvalue weighted by molar-refractivity contribution is 6.30. The topological polar surface area (TPSA) is 87.0 Å². The maximum atomic E-state index is 14.0. The summed E-state index contributed by atoms with van der Waals surface area (Å²) in [6.07, 6.45) is 1.44. The maximum absolute atomic E-state index is 14.0. The average Bonchev–Trinajstić information content (AvgIpc) is 3.29. The molecule has 8 heteroatoms. The molecule has 0 radical (unpaired) electrons. The highest BCUT2D eigenvalue weighted by Crippen LogP contribution is 2.34. The van der Waals surface area contributed by atoms with Crippen molar-refractivity contribution >= 4 is 23.5 Å². The summed E-state index contributed by atoms with van der Waals surface area (Å²) in [6, 6.07) is 2.63. The predicted molar refractivity (Wildman–Crippen MR) is 88.3 cm³/mol. The third-order valence-electron chi connectivity index (χ3n) is 3.43. The second-order valence-electron chi connectivity index (χ2n) is 6.74. The Morgan fingerprint density at radius 3 is 2.79 bits per heavy atom. The zero-order valence-electron chi connectivity index (χ0n) is 13.8. The zero-order valence-corrected chi connectivity index (χ0v) is 14.6. The van der Waals surface area contributed by atoms with Crippen molar-refractivity contribution in [3.05, 3.63) is 22.6 Å². The van der Waals surface area contributed by atoms with Crippen molar-refractivity contribution in [2.24, 2.45) is 5.92 Å². The third kappa shape index (κ3) is 5.24. The zero-order chi connectivity index (χ0) is 17.9. The van der Waals surface area contributed by atoms with E-state index in [0.29, 0.717) is 5.92 Å². The number of hydrogen-bond donors (Lipinski definition) is 2. The lowest BCUT2D eigenvalue weighted by molar-refractivity contribution is 0.0524. The number of hydrogen-bond acceptors (Lipinski definition) is 5. The van der Waals surface area contributed by atoms with E-state index >= 15 is 0 Å². The minimum Gasteiger partial charge on any atom is -0.444 e. The number of carbonyl (C=O) groups is 1. The van der Waals surface area contributed by atoms with Gasteiger partial charge in [-0.15, -0.1) is 0 Å². The first-order chi connectivity index (χ1) is 11.2. The number of ether oxygens (including phenoxy) is 1. The van der Waals surface area contributed by atoms with Crippen molar-refractivity contribution in [3.63, 3.8) is 0 Å². The van der Waals surface area contributed by atoms with E-state index in [1.807, 2.05) is 0 Å². The van der Waals surface area contributed by atoms with Crippen LogP contribution in [0.3, 0.4) is 0 Å². The van der Waals surface area contributed by atoms with Crippen LogP contribution in [0.4, 0.5) is 15.0 Å². The molecular formula is C16H20ClFN4O2. The van der Waals surface area contributed by atoms with E-state index < -0.39 is 17.5 Å². The van der Waals surface area contributed by atoms with Crippen LogP contribution in [0.5, 0.6) is 0 Å². The Kier molecular flexibility index (Phi) is 5.50. The van der Waals surface area contributed by atoms with E-state index in [1.54, 1.807) is 26.8 Å². The quantitative estimate of drug-likeness (QED) is 0.791. The normalized spacial score (nSPS) is 15.3. The first kappa shape index (κ1) is 18.3. The Labute approximate surface area is 145 Å². The number of alkyl carbamates (subject to hydrolysis) is 1. The molecule has 0 aliphatic heterocycles. The van der Waals surface area contributed by atoms with Gasteiger partial charge >= 0.3 is 6.09 Å². The minimum absolute atomic E-state index is 0.0189. The van der Waals surface area contributed by atoms with Gasteiger partial charge in [-0.1, -0.05) is 11.6 Å². The number of nitrogens with one attached hydrogen (secondary N) is 2. The molecule has 0 spiro atoms. The molecule has 1 aromatic rings. The molecule has 2 rings (SSSR count). The molecule has 2 N–H and O–H groups in total. The first-order valence-electron chi connectivity index (χ1n) is 7.69. The Hall–Kier alpha value is -2.07. The van der Waals surface area contributed by atoms with Crippen LogP contribution in [0.2, 0.25) is 5.15 Å². The van der Waals surface area contributed by atoms with E-state index in [9.17, 15) is 9.18 Å². The molecule has 0 unspecified atom stereocenters. The molecule has 0 aromatic carbocycles. The van der Waals surface area contributed by atoms with Gasteiger partial charge in [0.1, 0.15) is 16.8 Å². The number of aromatic nitrogens is 1. The molecule has 1 fully saturated rings. The van der Waals surface area contributed by atoms with Crippen molar-refractivity contribution in [3.8, 4) is 6.07 Å². The molecule has 1 aliphatic rings. The van der Waals surface area contributed by atoms with Crippen molar-refractivity contribution in [2.75, 3.05) is 11.9 Å². The molecule has 1 amide bonds. The van der Waals surface area contributed by atoms with E-state index in [1.165, 1.54) is 0 Å². The van der Waals surface area contributed by atoms with Crippen LogP contribution in [0.25, 0.3) is 0 Å².